The van der Waals surface area contributed by atoms with Crippen molar-refractivity contribution in [3.05, 3.63) is 60.3 Å². The van der Waals surface area contributed by atoms with Crippen molar-refractivity contribution in [1.29, 1.82) is 0 Å². The molecule has 0 bridgehead atoms. The maximum atomic E-state index is 12.8. The monoisotopic (exact) mass is 383 g/mol. The highest BCUT2D eigenvalue weighted by Crippen LogP contribution is 2.30. The first-order valence-electron chi connectivity index (χ1n) is 8.90. The number of benzene rings is 2. The number of sulfonamides is 1. The molecule has 6 nitrogen and oxygen atoms in total. The molecule has 1 aliphatic rings. The molecular weight excluding hydrogens is 362 g/mol. The highest BCUT2D eigenvalue weighted by Gasteiger charge is 2.26. The van der Waals surface area contributed by atoms with E-state index in [1.165, 1.54) is 7.05 Å². The number of carbonyl (C=O) groups is 1. The third-order valence-electron chi connectivity index (χ3n) is 5.07. The van der Waals surface area contributed by atoms with Gasteiger partial charge in [0, 0.05) is 36.9 Å². The average Bonchev–Trinajstić information content (AvgIpc) is 3.29. The van der Waals surface area contributed by atoms with Gasteiger partial charge in [-0.15, -0.1) is 0 Å². The largest absolute Gasteiger partial charge is 0.347 e. The van der Waals surface area contributed by atoms with E-state index in [0.717, 1.165) is 22.2 Å². The lowest BCUT2D eigenvalue weighted by Gasteiger charge is -2.18. The van der Waals surface area contributed by atoms with Gasteiger partial charge in [0.2, 0.25) is 15.9 Å². The quantitative estimate of drug-likeness (QED) is 0.736. The maximum Gasteiger partial charge on any atom is 0.240 e. The van der Waals surface area contributed by atoms with Crippen molar-refractivity contribution in [3.63, 3.8) is 0 Å². The molecule has 0 fully saturated rings. The highest BCUT2D eigenvalue weighted by atomic mass is 32.2. The summed E-state index contributed by atoms with van der Waals surface area (Å²) in [6.45, 7) is 1.20. The van der Waals surface area contributed by atoms with E-state index in [4.69, 9.17) is 0 Å². The van der Waals surface area contributed by atoms with Gasteiger partial charge in [-0.2, -0.15) is 0 Å². The van der Waals surface area contributed by atoms with Crippen LogP contribution in [0.25, 0.3) is 10.9 Å². The minimum absolute atomic E-state index is 0.0516. The van der Waals surface area contributed by atoms with Gasteiger partial charge in [0.25, 0.3) is 0 Å². The van der Waals surface area contributed by atoms with Gasteiger partial charge in [0.1, 0.15) is 0 Å². The molecule has 2 aromatic carbocycles. The summed E-state index contributed by atoms with van der Waals surface area (Å²) in [7, 11) is -2.08. The van der Waals surface area contributed by atoms with Gasteiger partial charge in [-0.05, 0) is 54.8 Å². The summed E-state index contributed by atoms with van der Waals surface area (Å²) in [5.74, 6) is 0.0516. The van der Waals surface area contributed by atoms with E-state index in [1.54, 1.807) is 23.1 Å². The summed E-state index contributed by atoms with van der Waals surface area (Å²) < 4.78 is 28.3. The maximum absolute atomic E-state index is 12.8. The van der Waals surface area contributed by atoms with E-state index in [9.17, 15) is 13.2 Å². The van der Waals surface area contributed by atoms with E-state index in [-0.39, 0.29) is 10.8 Å². The zero-order valence-corrected chi connectivity index (χ0v) is 15.9. The lowest BCUT2D eigenvalue weighted by Crippen LogP contribution is -2.29. The van der Waals surface area contributed by atoms with E-state index < -0.39 is 10.0 Å². The number of anilines is 1. The Labute approximate surface area is 158 Å². The molecule has 0 atom stereocenters. The number of para-hydroxylation sites is 1. The summed E-state index contributed by atoms with van der Waals surface area (Å²) >= 11 is 0. The first kappa shape index (κ1) is 17.8. The van der Waals surface area contributed by atoms with Crippen LogP contribution in [0.5, 0.6) is 0 Å². The first-order chi connectivity index (χ1) is 13.0. The van der Waals surface area contributed by atoms with Crippen LogP contribution in [0.3, 0.4) is 0 Å². The highest BCUT2D eigenvalue weighted by molar-refractivity contribution is 7.89. The van der Waals surface area contributed by atoms with E-state index in [0.29, 0.717) is 25.9 Å². The molecule has 3 aromatic rings. The van der Waals surface area contributed by atoms with Gasteiger partial charge < -0.3 is 9.47 Å². The fourth-order valence-corrected chi connectivity index (χ4v) is 4.39. The lowest BCUT2D eigenvalue weighted by molar-refractivity contribution is -0.118. The molecule has 7 heteroatoms. The standard InChI is InChI=1S/C20H21N3O3S/c1-21-27(25,26)17-6-7-19-16(14-17)9-13-23(19)20(24)10-12-22-11-8-15-4-2-3-5-18(15)22/h2-8,11,14,21H,9-10,12-13H2,1H3. The second-order valence-electron chi connectivity index (χ2n) is 6.61. The van der Waals surface area contributed by atoms with Crippen molar-refractivity contribution in [1.82, 2.24) is 9.29 Å². The summed E-state index contributed by atoms with van der Waals surface area (Å²) in [6, 6.07) is 15.1. The van der Waals surface area contributed by atoms with E-state index in [2.05, 4.69) is 27.5 Å². The van der Waals surface area contributed by atoms with Crippen molar-refractivity contribution in [2.24, 2.45) is 0 Å². The first-order valence-corrected chi connectivity index (χ1v) is 10.4. The molecule has 1 N–H and O–H groups in total. The van der Waals surface area contributed by atoms with Crippen molar-refractivity contribution >= 4 is 32.5 Å². The molecular formula is C20H21N3O3S. The fraction of sp³-hybridized carbons (Fsp3) is 0.250. The Morgan fingerprint density at radius 1 is 1.15 bits per heavy atom. The molecule has 0 spiro atoms. The smallest absolute Gasteiger partial charge is 0.240 e. The molecule has 0 saturated heterocycles. The number of rotatable bonds is 5. The summed E-state index contributed by atoms with van der Waals surface area (Å²) in [4.78, 5) is 14.8. The number of carbonyl (C=O) groups excluding carboxylic acids is 1. The average molecular weight is 383 g/mol. The molecule has 0 unspecified atom stereocenters. The summed E-state index contributed by atoms with van der Waals surface area (Å²) in [6.07, 6.45) is 3.07. The molecule has 1 aliphatic heterocycles. The van der Waals surface area contributed by atoms with Crippen LogP contribution in [0.1, 0.15) is 12.0 Å². The number of amides is 1. The molecule has 0 radical (unpaired) electrons. The Balaban J connectivity index is 1.50. The number of aromatic nitrogens is 1. The predicted octanol–water partition coefficient (Wildman–Crippen LogP) is 2.53. The fourth-order valence-electron chi connectivity index (χ4n) is 3.61. The number of fused-ring (bicyclic) bond motifs is 2. The Bertz CT molecular complexity index is 1120. The Kier molecular flexibility index (Phi) is 4.49. The Hall–Kier alpha value is -2.64. The second-order valence-corrected chi connectivity index (χ2v) is 8.50. The second kappa shape index (κ2) is 6.83. The van der Waals surface area contributed by atoms with E-state index >= 15 is 0 Å². The molecule has 0 aliphatic carbocycles. The molecule has 1 aromatic heterocycles. The zero-order chi connectivity index (χ0) is 19.0. The number of nitrogens with one attached hydrogen (secondary N) is 1. The number of hydrogen-bond donors (Lipinski definition) is 1. The van der Waals surface area contributed by atoms with Gasteiger partial charge in [-0.3, -0.25) is 4.79 Å². The van der Waals surface area contributed by atoms with Crippen LogP contribution >= 0.6 is 0 Å². The minimum Gasteiger partial charge on any atom is -0.347 e. The third-order valence-corrected chi connectivity index (χ3v) is 6.49. The van der Waals surface area contributed by atoms with Crippen LogP contribution in [0.2, 0.25) is 0 Å². The van der Waals surface area contributed by atoms with Gasteiger partial charge in [0.05, 0.1) is 4.90 Å². The number of hydrogen-bond acceptors (Lipinski definition) is 3. The van der Waals surface area contributed by atoms with Crippen molar-refractivity contribution in [3.8, 4) is 0 Å². The van der Waals surface area contributed by atoms with Crippen molar-refractivity contribution in [2.45, 2.75) is 24.3 Å². The molecule has 2 heterocycles. The van der Waals surface area contributed by atoms with Gasteiger partial charge in [0.15, 0.2) is 0 Å². The van der Waals surface area contributed by atoms with Crippen LogP contribution in [0.4, 0.5) is 5.69 Å². The molecule has 1 amide bonds. The van der Waals surface area contributed by atoms with Gasteiger partial charge in [-0.1, -0.05) is 18.2 Å². The van der Waals surface area contributed by atoms with Crippen molar-refractivity contribution in [2.75, 3.05) is 18.5 Å². The van der Waals surface area contributed by atoms with Crippen LogP contribution in [-0.2, 0) is 27.8 Å². The normalized spacial score (nSPS) is 13.9. The predicted molar refractivity (Wildman–Crippen MR) is 105 cm³/mol. The van der Waals surface area contributed by atoms with Crippen LogP contribution in [0, 0.1) is 0 Å². The topological polar surface area (TPSA) is 71.4 Å². The Morgan fingerprint density at radius 2 is 1.96 bits per heavy atom. The molecule has 140 valence electrons. The summed E-state index contributed by atoms with van der Waals surface area (Å²) in [5, 5.41) is 1.16. The van der Waals surface area contributed by atoms with E-state index in [1.807, 2.05) is 18.3 Å². The SMILES string of the molecule is CNS(=O)(=O)c1ccc2c(c1)CCN2C(=O)CCn1ccc2ccccc21. The van der Waals surface area contributed by atoms with Crippen LogP contribution < -0.4 is 9.62 Å². The van der Waals surface area contributed by atoms with Crippen LogP contribution in [-0.4, -0.2) is 32.5 Å². The number of nitrogens with zero attached hydrogens (tertiary/aromatic N) is 2. The molecule has 4 rings (SSSR count). The molecule has 0 saturated carbocycles. The summed E-state index contributed by atoms with van der Waals surface area (Å²) in [5.41, 5.74) is 2.83. The third kappa shape index (κ3) is 3.24. The van der Waals surface area contributed by atoms with Crippen molar-refractivity contribution < 1.29 is 13.2 Å². The molecule has 27 heavy (non-hydrogen) atoms. The number of aryl methyl sites for hydroxylation is 1. The van der Waals surface area contributed by atoms with Gasteiger partial charge in [-0.25, -0.2) is 13.1 Å². The van der Waals surface area contributed by atoms with Gasteiger partial charge >= 0.3 is 0 Å². The lowest BCUT2D eigenvalue weighted by atomic mass is 10.2. The van der Waals surface area contributed by atoms with Crippen LogP contribution in [0.15, 0.2) is 59.6 Å². The zero-order valence-electron chi connectivity index (χ0n) is 15.1. The minimum atomic E-state index is -3.47. The Morgan fingerprint density at radius 3 is 2.78 bits per heavy atom.